The lowest BCUT2D eigenvalue weighted by molar-refractivity contribution is -0.126. The number of aromatic amines is 1. The number of hydrogen-bond acceptors (Lipinski definition) is 9. The summed E-state index contributed by atoms with van der Waals surface area (Å²) in [7, 11) is 1.90. The summed E-state index contributed by atoms with van der Waals surface area (Å²) in [6.07, 6.45) is 4.15. The molecule has 242 valence electrons. The molecular weight excluding hydrogens is 602 g/mol. The lowest BCUT2D eigenvalue weighted by Gasteiger charge is -2.38. The van der Waals surface area contributed by atoms with Gasteiger partial charge in [0, 0.05) is 83.8 Å². The fraction of sp³-hybridized carbons (Fsp3) is 0.500. The van der Waals surface area contributed by atoms with Crippen LogP contribution in [0.3, 0.4) is 0 Å². The number of piperidine rings is 1. The van der Waals surface area contributed by atoms with Crippen LogP contribution in [0.25, 0.3) is 11.1 Å². The molecule has 1 atom stereocenters. The van der Waals surface area contributed by atoms with Gasteiger partial charge < -0.3 is 24.7 Å². The third kappa shape index (κ3) is 6.79. The molecule has 1 aromatic carbocycles. The molecule has 0 aliphatic carbocycles. The average Bonchev–Trinajstić information content (AvgIpc) is 3.39. The molecule has 3 aromatic rings. The summed E-state index contributed by atoms with van der Waals surface area (Å²) >= 11 is 1.45. The number of nitrogens with one attached hydrogen (secondary N) is 2. The largest absolute Gasteiger partial charge is 0.448 e. The van der Waals surface area contributed by atoms with Crippen molar-refractivity contribution in [3.05, 3.63) is 57.3 Å². The van der Waals surface area contributed by atoms with Gasteiger partial charge in [0.1, 0.15) is 0 Å². The zero-order valence-corrected chi connectivity index (χ0v) is 27.3. The topological polar surface area (TPSA) is 113 Å². The van der Waals surface area contributed by atoms with Crippen molar-refractivity contribution >= 4 is 23.6 Å². The van der Waals surface area contributed by atoms with Crippen LogP contribution in [-0.4, -0.2) is 77.5 Å². The van der Waals surface area contributed by atoms with Gasteiger partial charge in [0.2, 0.25) is 5.95 Å². The Balaban J connectivity index is 1.48. The van der Waals surface area contributed by atoms with Gasteiger partial charge in [-0.2, -0.15) is 0 Å². The maximum Gasteiger partial charge on any atom is 0.254 e. The summed E-state index contributed by atoms with van der Waals surface area (Å²) in [5, 5.41) is 2.92. The maximum atomic E-state index is 13.7. The molecule has 0 saturated carbocycles. The second-order valence-electron chi connectivity index (χ2n) is 11.7. The Morgan fingerprint density at radius 3 is 2.49 bits per heavy atom. The molecule has 5 rings (SSSR count). The number of anilines is 1. The van der Waals surface area contributed by atoms with E-state index in [4.69, 9.17) is 9.47 Å². The van der Waals surface area contributed by atoms with Crippen LogP contribution in [0, 0.1) is 19.8 Å². The number of aromatic nitrogens is 3. The summed E-state index contributed by atoms with van der Waals surface area (Å²) in [5.41, 5.74) is 3.19. The molecule has 1 saturated heterocycles. The highest BCUT2D eigenvalue weighted by atomic mass is 32.2. The Kier molecular flexibility index (Phi) is 9.68. The van der Waals surface area contributed by atoms with E-state index in [1.807, 2.05) is 45.0 Å². The average molecular weight is 643 g/mol. The van der Waals surface area contributed by atoms with Gasteiger partial charge in [-0.1, -0.05) is 0 Å². The summed E-state index contributed by atoms with van der Waals surface area (Å²) in [5.74, 6) is 0.0139. The van der Waals surface area contributed by atoms with Gasteiger partial charge >= 0.3 is 0 Å². The van der Waals surface area contributed by atoms with Crippen molar-refractivity contribution < 1.29 is 23.0 Å². The fourth-order valence-corrected chi connectivity index (χ4v) is 6.64. The first-order chi connectivity index (χ1) is 21.4. The minimum atomic E-state index is -2.38. The van der Waals surface area contributed by atoms with Crippen molar-refractivity contribution in [3.63, 3.8) is 0 Å². The third-order valence-corrected chi connectivity index (χ3v) is 9.51. The van der Waals surface area contributed by atoms with E-state index in [0.29, 0.717) is 71.2 Å². The number of nitrogens with zero attached hydrogens (tertiary/aromatic N) is 4. The predicted octanol–water partition coefficient (Wildman–Crippen LogP) is 5.02. The Morgan fingerprint density at radius 1 is 1.20 bits per heavy atom. The lowest BCUT2D eigenvalue weighted by atomic mass is 9.89. The number of pyridine rings is 1. The number of ether oxygens (including phenoxy) is 2. The van der Waals surface area contributed by atoms with Gasteiger partial charge in [0.05, 0.1) is 6.54 Å². The second kappa shape index (κ2) is 13.3. The minimum absolute atomic E-state index is 0.0455. The number of benzene rings is 1. The number of H-pyrrole nitrogens is 1. The van der Waals surface area contributed by atoms with Crippen molar-refractivity contribution in [3.8, 4) is 22.6 Å². The van der Waals surface area contributed by atoms with Crippen molar-refractivity contribution in [2.24, 2.45) is 5.92 Å². The third-order valence-electron chi connectivity index (χ3n) is 8.70. The number of amides is 1. The molecule has 1 amide bonds. The number of halogens is 2. The van der Waals surface area contributed by atoms with Gasteiger partial charge in [0.15, 0.2) is 11.5 Å². The number of alkyl halides is 2. The molecule has 1 unspecified atom stereocenters. The molecule has 2 aliphatic rings. The van der Waals surface area contributed by atoms with Crippen molar-refractivity contribution in [1.29, 1.82) is 0 Å². The van der Waals surface area contributed by atoms with Crippen LogP contribution in [0.4, 0.5) is 14.7 Å². The molecule has 45 heavy (non-hydrogen) atoms. The fourth-order valence-electron chi connectivity index (χ4n) is 5.93. The molecule has 0 bridgehead atoms. The van der Waals surface area contributed by atoms with Crippen LogP contribution in [0.5, 0.6) is 11.5 Å². The highest BCUT2D eigenvalue weighted by Gasteiger charge is 2.47. The maximum absolute atomic E-state index is 13.7. The second-order valence-corrected chi connectivity index (χ2v) is 12.6. The Hall–Kier alpha value is -3.71. The molecule has 0 radical (unpaired) electrons. The van der Waals surface area contributed by atoms with Crippen molar-refractivity contribution in [2.45, 2.75) is 64.2 Å². The Morgan fingerprint density at radius 2 is 1.87 bits per heavy atom. The summed E-state index contributed by atoms with van der Waals surface area (Å²) in [6.45, 7) is 9.06. The van der Waals surface area contributed by atoms with E-state index < -0.39 is 12.2 Å². The normalized spacial score (nSPS) is 18.4. The van der Waals surface area contributed by atoms with E-state index in [-0.39, 0.29) is 30.5 Å². The van der Waals surface area contributed by atoms with Crippen molar-refractivity contribution in [1.82, 2.24) is 25.2 Å². The molecular formula is C32H40F2N6O4S. The van der Waals surface area contributed by atoms with Crippen molar-refractivity contribution in [2.75, 3.05) is 44.4 Å². The highest BCUT2D eigenvalue weighted by molar-refractivity contribution is 7.98. The number of rotatable bonds is 10. The molecule has 2 aliphatic heterocycles. The van der Waals surface area contributed by atoms with Gasteiger partial charge in [-0.15, -0.1) is 11.8 Å². The van der Waals surface area contributed by atoms with Crippen LogP contribution in [0.2, 0.25) is 0 Å². The predicted molar refractivity (Wildman–Crippen MR) is 171 cm³/mol. The van der Waals surface area contributed by atoms with Gasteiger partial charge in [-0.05, 0) is 65.1 Å². The number of aryl methyl sites for hydroxylation is 1. The monoisotopic (exact) mass is 642 g/mol. The van der Waals surface area contributed by atoms with E-state index in [0.717, 1.165) is 17.1 Å². The molecule has 10 nitrogen and oxygen atoms in total. The SMILES string of the molecule is CCN(C)c1ncc(-c2cc(C(=O)NCc3c(SC)cc(C)[nH]c3=O)c(C)c3c2OC(C)(C2CCN(CC(F)F)CC2)O3)cn1. The van der Waals surface area contributed by atoms with Crippen LogP contribution in [0.15, 0.2) is 34.2 Å². The van der Waals surface area contributed by atoms with E-state index in [1.165, 1.54) is 11.8 Å². The summed E-state index contributed by atoms with van der Waals surface area (Å²) in [6, 6.07) is 3.64. The zero-order chi connectivity index (χ0) is 32.5. The molecule has 2 aromatic heterocycles. The minimum Gasteiger partial charge on any atom is -0.448 e. The molecule has 2 N–H and O–H groups in total. The highest BCUT2D eigenvalue weighted by Crippen LogP contribution is 2.52. The lowest BCUT2D eigenvalue weighted by Crippen LogP contribution is -2.49. The van der Waals surface area contributed by atoms with Gasteiger partial charge in [-0.3, -0.25) is 14.5 Å². The quantitative estimate of drug-likeness (QED) is 0.295. The molecule has 1 fully saturated rings. The van der Waals surface area contributed by atoms with E-state index >= 15 is 0 Å². The Labute approximate surface area is 265 Å². The van der Waals surface area contributed by atoms with Crippen LogP contribution in [0.1, 0.15) is 53.9 Å². The summed E-state index contributed by atoms with van der Waals surface area (Å²) < 4.78 is 39.1. The zero-order valence-electron chi connectivity index (χ0n) is 26.5. The standard InChI is InChI=1S/C32H40F2N6O4S/c1-7-39(5)31-36-14-20(15-37-31)23-13-22(29(41)35-16-24-25(45-6)12-18(2)38-30(24)42)19(3)27-28(23)44-32(4,43-27)21-8-10-40(11-9-21)17-26(33)34/h12-15,21,26H,7-11,16-17H2,1-6H3,(H,35,41)(H,38,42). The number of hydrogen-bond donors (Lipinski definition) is 2. The van der Waals surface area contributed by atoms with E-state index in [2.05, 4.69) is 20.3 Å². The van der Waals surface area contributed by atoms with E-state index in [1.54, 1.807) is 30.3 Å². The first-order valence-electron chi connectivity index (χ1n) is 15.1. The van der Waals surface area contributed by atoms with Crippen LogP contribution >= 0.6 is 11.8 Å². The van der Waals surface area contributed by atoms with Gasteiger partial charge in [-0.25, -0.2) is 18.7 Å². The van der Waals surface area contributed by atoms with Crippen LogP contribution in [-0.2, 0) is 6.54 Å². The van der Waals surface area contributed by atoms with Gasteiger partial charge in [0.25, 0.3) is 23.7 Å². The number of carbonyl (C=O) groups is 1. The smallest absolute Gasteiger partial charge is 0.254 e. The number of thioether (sulfide) groups is 1. The van der Waals surface area contributed by atoms with E-state index in [9.17, 15) is 18.4 Å². The number of likely N-dealkylation sites (tertiary alicyclic amines) is 1. The molecule has 4 heterocycles. The van der Waals surface area contributed by atoms with Crippen LogP contribution < -0.4 is 25.2 Å². The first kappa shape index (κ1) is 32.7. The summed E-state index contributed by atoms with van der Waals surface area (Å²) in [4.78, 5) is 42.8. The Bertz CT molecular complexity index is 1610. The number of carbonyl (C=O) groups excluding carboxylic acids is 1. The number of fused-ring (bicyclic) bond motifs is 1. The first-order valence-corrected chi connectivity index (χ1v) is 16.3. The molecule has 13 heteroatoms. The molecule has 0 spiro atoms.